The highest BCUT2D eigenvalue weighted by Gasteiger charge is 2.35. The minimum absolute atomic E-state index is 0.219. The van der Waals surface area contributed by atoms with E-state index in [1.54, 1.807) is 36.4 Å². The van der Waals surface area contributed by atoms with Gasteiger partial charge in [0.1, 0.15) is 11.5 Å². The molecule has 4 aromatic rings. The smallest absolute Gasteiger partial charge is 0.293 e. The number of hydrogen-bond donors (Lipinski definition) is 0. The van der Waals surface area contributed by atoms with Crippen molar-refractivity contribution in [3.8, 4) is 11.3 Å². The molecule has 7 heteroatoms. The van der Waals surface area contributed by atoms with Crippen LogP contribution in [0.2, 0.25) is 10.0 Å². The predicted octanol–water partition coefficient (Wildman–Crippen LogP) is 7.64. The molecule has 0 bridgehead atoms. The first-order chi connectivity index (χ1) is 15.5. The van der Waals surface area contributed by atoms with Crippen LogP contribution in [-0.4, -0.2) is 16.0 Å². The fraction of sp³-hybridized carbons (Fsp3) is 0.0400. The zero-order valence-electron chi connectivity index (χ0n) is 16.5. The van der Waals surface area contributed by atoms with E-state index in [0.717, 1.165) is 28.1 Å². The molecule has 5 rings (SSSR count). The van der Waals surface area contributed by atoms with E-state index < -0.39 is 0 Å². The second-order valence-electron chi connectivity index (χ2n) is 7.28. The van der Waals surface area contributed by atoms with Crippen LogP contribution in [0.3, 0.4) is 0 Å². The first-order valence-electron chi connectivity index (χ1n) is 9.76. The van der Waals surface area contributed by atoms with E-state index >= 15 is 0 Å². The number of nitrogens with zero attached hydrogens (tertiary/aromatic N) is 1. The molecule has 2 amide bonds. The van der Waals surface area contributed by atoms with Gasteiger partial charge in [0.05, 0.1) is 16.5 Å². The molecule has 0 saturated carbocycles. The minimum Gasteiger partial charge on any atom is -0.457 e. The first kappa shape index (κ1) is 20.9. The summed E-state index contributed by atoms with van der Waals surface area (Å²) in [6.07, 6.45) is 1.58. The fourth-order valence-electron chi connectivity index (χ4n) is 3.55. The van der Waals surface area contributed by atoms with Gasteiger partial charge in [-0.15, -0.1) is 0 Å². The van der Waals surface area contributed by atoms with Crippen LogP contribution in [0.5, 0.6) is 0 Å². The van der Waals surface area contributed by atoms with E-state index in [1.807, 2.05) is 42.5 Å². The first-order valence-corrected chi connectivity index (χ1v) is 11.3. The Kier molecular flexibility index (Phi) is 5.55. The maximum absolute atomic E-state index is 12.9. The molecule has 1 saturated heterocycles. The molecule has 0 spiro atoms. The van der Waals surface area contributed by atoms with Gasteiger partial charge < -0.3 is 4.42 Å². The molecule has 0 radical (unpaired) electrons. The second-order valence-corrected chi connectivity index (χ2v) is 9.11. The summed E-state index contributed by atoms with van der Waals surface area (Å²) < 4.78 is 5.84. The Balaban J connectivity index is 1.37. The molecule has 1 fully saturated rings. The van der Waals surface area contributed by atoms with Gasteiger partial charge in [-0.1, -0.05) is 59.6 Å². The monoisotopic (exact) mass is 479 g/mol. The Hall–Kier alpha value is -2.99. The molecule has 158 valence electrons. The van der Waals surface area contributed by atoms with Gasteiger partial charge >= 0.3 is 0 Å². The second kappa shape index (κ2) is 8.51. The van der Waals surface area contributed by atoms with Gasteiger partial charge in [0.15, 0.2) is 0 Å². The molecule has 32 heavy (non-hydrogen) atoms. The molecular weight excluding hydrogens is 465 g/mol. The Morgan fingerprint density at radius 2 is 1.72 bits per heavy atom. The van der Waals surface area contributed by atoms with Gasteiger partial charge in [0, 0.05) is 16.7 Å². The highest BCUT2D eigenvalue weighted by atomic mass is 35.5. The molecule has 4 nitrogen and oxygen atoms in total. The summed E-state index contributed by atoms with van der Waals surface area (Å²) in [5, 5.41) is 2.87. The van der Waals surface area contributed by atoms with Crippen LogP contribution < -0.4 is 0 Å². The number of fused-ring (bicyclic) bond motifs is 1. The van der Waals surface area contributed by atoms with Crippen LogP contribution in [-0.2, 0) is 11.3 Å². The van der Waals surface area contributed by atoms with Crippen LogP contribution >= 0.6 is 35.0 Å². The summed E-state index contributed by atoms with van der Waals surface area (Å²) in [4.78, 5) is 27.0. The number of carbonyl (C=O) groups is 2. The lowest BCUT2D eigenvalue weighted by Gasteiger charge is -2.13. The summed E-state index contributed by atoms with van der Waals surface area (Å²) in [5.74, 6) is 0.672. The lowest BCUT2D eigenvalue weighted by molar-refractivity contribution is -0.123. The van der Waals surface area contributed by atoms with Crippen molar-refractivity contribution in [2.24, 2.45) is 0 Å². The Morgan fingerprint density at radius 1 is 0.906 bits per heavy atom. The number of benzene rings is 3. The van der Waals surface area contributed by atoms with Gasteiger partial charge in [-0.25, -0.2) is 0 Å². The van der Waals surface area contributed by atoms with Crippen molar-refractivity contribution in [3.63, 3.8) is 0 Å². The number of amides is 2. The lowest BCUT2D eigenvalue weighted by Crippen LogP contribution is -2.27. The van der Waals surface area contributed by atoms with Crippen molar-refractivity contribution in [2.75, 3.05) is 0 Å². The standard InChI is InChI=1S/C25H15Cl2NO3S/c26-18-7-9-20(21(27)12-18)22-10-8-19(31-22)13-23-24(29)28(25(30)32-23)14-15-5-6-16-3-1-2-4-17(16)11-15/h1-13H,14H2/b23-13-. The van der Waals surface area contributed by atoms with Crippen molar-refractivity contribution in [2.45, 2.75) is 6.54 Å². The molecule has 1 aliphatic rings. The minimum atomic E-state index is -0.337. The molecule has 3 aromatic carbocycles. The third kappa shape index (κ3) is 4.07. The summed E-state index contributed by atoms with van der Waals surface area (Å²) in [6, 6.07) is 22.5. The summed E-state index contributed by atoms with van der Waals surface area (Å²) in [5.41, 5.74) is 1.59. The van der Waals surface area contributed by atoms with Crippen LogP contribution in [0.15, 0.2) is 82.1 Å². The van der Waals surface area contributed by atoms with Crippen LogP contribution in [0.1, 0.15) is 11.3 Å². The average Bonchev–Trinajstić information content (AvgIpc) is 3.34. The fourth-order valence-corrected chi connectivity index (χ4v) is 4.87. The van der Waals surface area contributed by atoms with Crippen molar-refractivity contribution >= 4 is 63.0 Å². The van der Waals surface area contributed by atoms with E-state index in [2.05, 4.69) is 0 Å². The van der Waals surface area contributed by atoms with E-state index in [0.29, 0.717) is 32.0 Å². The number of rotatable bonds is 4. The Bertz CT molecular complexity index is 1410. The van der Waals surface area contributed by atoms with E-state index in [-0.39, 0.29) is 17.7 Å². The van der Waals surface area contributed by atoms with Crippen molar-refractivity contribution < 1.29 is 14.0 Å². The van der Waals surface area contributed by atoms with Crippen molar-refractivity contribution in [1.29, 1.82) is 0 Å². The number of imide groups is 1. The third-order valence-corrected chi connectivity index (χ3v) is 6.58. The van der Waals surface area contributed by atoms with Gasteiger partial charge in [0.25, 0.3) is 11.1 Å². The quantitative estimate of drug-likeness (QED) is 0.282. The van der Waals surface area contributed by atoms with E-state index in [1.165, 1.54) is 4.90 Å². The molecule has 0 aliphatic carbocycles. The van der Waals surface area contributed by atoms with Crippen LogP contribution in [0, 0.1) is 0 Å². The van der Waals surface area contributed by atoms with Crippen LogP contribution in [0.4, 0.5) is 4.79 Å². The van der Waals surface area contributed by atoms with Crippen molar-refractivity contribution in [1.82, 2.24) is 4.90 Å². The van der Waals surface area contributed by atoms with E-state index in [4.69, 9.17) is 27.6 Å². The average molecular weight is 480 g/mol. The molecular formula is C25H15Cl2NO3S. The number of furan rings is 1. The highest BCUT2D eigenvalue weighted by molar-refractivity contribution is 8.18. The normalized spacial score (nSPS) is 15.3. The Morgan fingerprint density at radius 3 is 2.53 bits per heavy atom. The number of hydrogen-bond acceptors (Lipinski definition) is 4. The lowest BCUT2D eigenvalue weighted by atomic mass is 10.1. The molecule has 2 heterocycles. The molecule has 0 unspecified atom stereocenters. The van der Waals surface area contributed by atoms with E-state index in [9.17, 15) is 9.59 Å². The van der Waals surface area contributed by atoms with Gasteiger partial charge in [-0.3, -0.25) is 14.5 Å². The van der Waals surface area contributed by atoms with Crippen molar-refractivity contribution in [3.05, 3.63) is 99.1 Å². The predicted molar refractivity (Wildman–Crippen MR) is 130 cm³/mol. The Labute approximate surface area is 198 Å². The largest absolute Gasteiger partial charge is 0.457 e. The highest BCUT2D eigenvalue weighted by Crippen LogP contribution is 2.36. The van der Waals surface area contributed by atoms with Gasteiger partial charge in [0.2, 0.25) is 0 Å². The SMILES string of the molecule is O=C1S/C(=C\c2ccc(-c3ccc(Cl)cc3Cl)o2)C(=O)N1Cc1ccc2ccccc2c1. The maximum Gasteiger partial charge on any atom is 0.293 e. The summed E-state index contributed by atoms with van der Waals surface area (Å²) >= 11 is 13.1. The topological polar surface area (TPSA) is 50.5 Å². The maximum atomic E-state index is 12.9. The van der Waals surface area contributed by atoms with Gasteiger partial charge in [-0.05, 0) is 64.5 Å². The zero-order chi connectivity index (χ0) is 22.2. The third-order valence-electron chi connectivity index (χ3n) is 5.12. The number of halogens is 2. The van der Waals surface area contributed by atoms with Gasteiger partial charge in [-0.2, -0.15) is 0 Å². The molecule has 1 aliphatic heterocycles. The molecule has 0 atom stereocenters. The summed E-state index contributed by atoms with van der Waals surface area (Å²) in [7, 11) is 0. The van der Waals surface area contributed by atoms with Crippen LogP contribution in [0.25, 0.3) is 28.2 Å². The number of carbonyl (C=O) groups excluding carboxylic acids is 2. The number of thioether (sulfide) groups is 1. The zero-order valence-corrected chi connectivity index (χ0v) is 18.9. The molecule has 0 N–H and O–H groups in total. The summed E-state index contributed by atoms with van der Waals surface area (Å²) in [6.45, 7) is 0.219. The molecule has 1 aromatic heterocycles.